The summed E-state index contributed by atoms with van der Waals surface area (Å²) in [5, 5.41) is 9.60. The summed E-state index contributed by atoms with van der Waals surface area (Å²) in [5.74, 6) is 0.313. The standard InChI is InChI=1S/C36H29N3/c1-24-12-16-33-32-20-26(22-37)13-14-30(32)31-15-17-34(36(31)39(33)23-24)38-19-18-28(27-9-4-3-5-10-27)21-35(38)29-11-7-6-8-25(29)2/h3-14,16-21,23,31,36H,15H2,1-2H3/q+2. The average Bonchev–Trinajstić information content (AvgIpc) is 3.43. The van der Waals surface area contributed by atoms with Crippen LogP contribution in [0.25, 0.3) is 39.3 Å². The third-order valence-electron chi connectivity index (χ3n) is 8.31. The molecular formula is C36H29N3+2. The Labute approximate surface area is 229 Å². The Morgan fingerprint density at radius 3 is 2.41 bits per heavy atom. The molecular weight excluding hydrogens is 474 g/mol. The van der Waals surface area contributed by atoms with Crippen LogP contribution in [0.5, 0.6) is 0 Å². The van der Waals surface area contributed by atoms with E-state index >= 15 is 0 Å². The van der Waals surface area contributed by atoms with Crippen LogP contribution in [0.1, 0.15) is 40.6 Å². The molecule has 1 aliphatic carbocycles. The van der Waals surface area contributed by atoms with E-state index in [4.69, 9.17) is 0 Å². The van der Waals surface area contributed by atoms with E-state index in [0.717, 1.165) is 6.42 Å². The van der Waals surface area contributed by atoms with Crippen LogP contribution >= 0.6 is 0 Å². The summed E-state index contributed by atoms with van der Waals surface area (Å²) < 4.78 is 4.86. The first-order chi connectivity index (χ1) is 19.1. The maximum atomic E-state index is 9.60. The van der Waals surface area contributed by atoms with Crippen molar-refractivity contribution in [3.8, 4) is 39.7 Å². The summed E-state index contributed by atoms with van der Waals surface area (Å²) in [6.07, 6.45) is 7.91. The quantitative estimate of drug-likeness (QED) is 0.237. The minimum atomic E-state index is 0.163. The zero-order valence-electron chi connectivity index (χ0n) is 22.2. The van der Waals surface area contributed by atoms with Gasteiger partial charge in [-0.05, 0) is 72.9 Å². The maximum absolute atomic E-state index is 9.60. The third kappa shape index (κ3) is 3.80. The smallest absolute Gasteiger partial charge is 0.192 e. The molecule has 0 fully saturated rings. The van der Waals surface area contributed by atoms with Crippen molar-refractivity contribution < 1.29 is 9.13 Å². The van der Waals surface area contributed by atoms with Crippen molar-refractivity contribution in [3.05, 3.63) is 138 Å². The number of nitrogens with zero attached hydrogens (tertiary/aromatic N) is 3. The highest BCUT2D eigenvalue weighted by Gasteiger charge is 2.50. The predicted molar refractivity (Wildman–Crippen MR) is 154 cm³/mol. The second-order valence-electron chi connectivity index (χ2n) is 10.7. The molecule has 0 saturated carbocycles. The topological polar surface area (TPSA) is 31.5 Å². The Morgan fingerprint density at radius 2 is 1.59 bits per heavy atom. The third-order valence-corrected chi connectivity index (χ3v) is 8.31. The molecule has 0 saturated heterocycles. The zero-order valence-corrected chi connectivity index (χ0v) is 22.2. The van der Waals surface area contributed by atoms with Gasteiger partial charge in [-0.3, -0.25) is 0 Å². The van der Waals surface area contributed by atoms with E-state index in [-0.39, 0.29) is 6.04 Å². The number of hydrogen-bond acceptors (Lipinski definition) is 1. The van der Waals surface area contributed by atoms with Crippen LogP contribution in [0.2, 0.25) is 0 Å². The second kappa shape index (κ2) is 9.19. The van der Waals surface area contributed by atoms with Gasteiger partial charge in [0.25, 0.3) is 5.70 Å². The Morgan fingerprint density at radius 1 is 0.769 bits per heavy atom. The molecule has 0 bridgehead atoms. The van der Waals surface area contributed by atoms with Crippen molar-refractivity contribution in [1.29, 1.82) is 5.26 Å². The number of benzene rings is 3. The van der Waals surface area contributed by atoms with Gasteiger partial charge in [-0.1, -0.05) is 54.6 Å². The number of nitriles is 1. The highest BCUT2D eigenvalue weighted by atomic mass is 15.1. The lowest BCUT2D eigenvalue weighted by Crippen LogP contribution is -2.52. The number of hydrogen-bond donors (Lipinski definition) is 0. The molecule has 3 heterocycles. The van der Waals surface area contributed by atoms with E-state index in [1.165, 1.54) is 56.0 Å². The van der Waals surface area contributed by atoms with Crippen molar-refractivity contribution in [2.24, 2.45) is 0 Å². The van der Waals surface area contributed by atoms with Crippen LogP contribution in [0, 0.1) is 25.2 Å². The van der Waals surface area contributed by atoms with Gasteiger partial charge in [-0.15, -0.1) is 0 Å². The number of rotatable bonds is 3. The van der Waals surface area contributed by atoms with E-state index in [1.807, 2.05) is 6.07 Å². The van der Waals surface area contributed by atoms with Gasteiger partial charge in [-0.2, -0.15) is 14.4 Å². The summed E-state index contributed by atoms with van der Waals surface area (Å²) in [6.45, 7) is 4.35. The van der Waals surface area contributed by atoms with Gasteiger partial charge in [0.15, 0.2) is 12.4 Å². The van der Waals surface area contributed by atoms with Crippen LogP contribution in [-0.2, 0) is 0 Å². The average molecular weight is 504 g/mol. The predicted octanol–water partition coefficient (Wildman–Crippen LogP) is 7.33. The second-order valence-corrected chi connectivity index (χ2v) is 10.7. The molecule has 3 heteroatoms. The fraction of sp³-hybridized carbons (Fsp3) is 0.139. The molecule has 2 aliphatic rings. The molecule has 0 N–H and O–H groups in total. The number of aryl methyl sites for hydroxylation is 2. The minimum absolute atomic E-state index is 0.163. The van der Waals surface area contributed by atoms with Crippen LogP contribution in [-0.4, -0.2) is 0 Å². The number of allylic oxidation sites excluding steroid dienone is 2. The van der Waals surface area contributed by atoms with Crippen molar-refractivity contribution in [2.75, 3.05) is 0 Å². The van der Waals surface area contributed by atoms with Crippen LogP contribution < -0.4 is 9.13 Å². The van der Waals surface area contributed by atoms with Gasteiger partial charge in [-0.25, -0.2) is 0 Å². The van der Waals surface area contributed by atoms with E-state index < -0.39 is 0 Å². The maximum Gasteiger partial charge on any atom is 0.253 e. The molecule has 2 atom stereocenters. The lowest BCUT2D eigenvalue weighted by molar-refractivity contribution is -0.725. The van der Waals surface area contributed by atoms with E-state index in [0.29, 0.717) is 11.5 Å². The van der Waals surface area contributed by atoms with Gasteiger partial charge in [0, 0.05) is 29.3 Å². The molecule has 5 aromatic rings. The van der Waals surface area contributed by atoms with Gasteiger partial charge in [0.1, 0.15) is 0 Å². The molecule has 2 aromatic heterocycles. The van der Waals surface area contributed by atoms with Crippen LogP contribution in [0.3, 0.4) is 0 Å². The van der Waals surface area contributed by atoms with Gasteiger partial charge >= 0.3 is 0 Å². The van der Waals surface area contributed by atoms with E-state index in [2.05, 4.69) is 139 Å². The summed E-state index contributed by atoms with van der Waals surface area (Å²) in [5.41, 5.74) is 13.0. The van der Waals surface area contributed by atoms with Gasteiger partial charge < -0.3 is 0 Å². The van der Waals surface area contributed by atoms with Crippen LogP contribution in [0.15, 0.2) is 116 Å². The molecule has 2 unspecified atom stereocenters. The number of fused-ring (bicyclic) bond motifs is 6. The van der Waals surface area contributed by atoms with Crippen molar-refractivity contribution in [3.63, 3.8) is 0 Å². The molecule has 0 spiro atoms. The van der Waals surface area contributed by atoms with E-state index in [1.54, 1.807) is 0 Å². The molecule has 0 radical (unpaired) electrons. The van der Waals surface area contributed by atoms with Crippen molar-refractivity contribution in [1.82, 2.24) is 0 Å². The Kier molecular flexibility index (Phi) is 5.49. The monoisotopic (exact) mass is 503 g/mol. The summed E-state index contributed by atoms with van der Waals surface area (Å²) in [4.78, 5) is 0. The molecule has 186 valence electrons. The molecule has 3 aromatic carbocycles. The Bertz CT molecular complexity index is 1820. The van der Waals surface area contributed by atoms with E-state index in [9.17, 15) is 5.26 Å². The SMILES string of the molecule is Cc1ccc2[n+](c1)C1C([n+]3ccc(-c4ccccc4)cc3-c3ccccc3C)=CCC1c1ccc(C#N)cc1-2. The minimum Gasteiger partial charge on any atom is -0.192 e. The largest absolute Gasteiger partial charge is 0.253 e. The lowest BCUT2D eigenvalue weighted by Gasteiger charge is -2.26. The van der Waals surface area contributed by atoms with Crippen molar-refractivity contribution in [2.45, 2.75) is 32.2 Å². The summed E-state index contributed by atoms with van der Waals surface area (Å²) in [6, 6.07) is 36.9. The van der Waals surface area contributed by atoms with Crippen LogP contribution in [0.4, 0.5) is 0 Å². The first-order valence-electron chi connectivity index (χ1n) is 13.6. The molecule has 3 nitrogen and oxygen atoms in total. The fourth-order valence-corrected chi connectivity index (χ4v) is 6.44. The number of aromatic nitrogens is 2. The van der Waals surface area contributed by atoms with Gasteiger partial charge in [0.2, 0.25) is 17.4 Å². The normalized spacial score (nSPS) is 17.0. The first-order valence-corrected chi connectivity index (χ1v) is 13.6. The molecule has 7 rings (SSSR count). The highest BCUT2D eigenvalue weighted by Crippen LogP contribution is 2.47. The molecule has 1 aliphatic heterocycles. The lowest BCUT2D eigenvalue weighted by atomic mass is 9.82. The zero-order chi connectivity index (χ0) is 26.5. The van der Waals surface area contributed by atoms with Crippen molar-refractivity contribution >= 4 is 5.70 Å². The Hall–Kier alpha value is -4.81. The summed E-state index contributed by atoms with van der Waals surface area (Å²) in [7, 11) is 0. The summed E-state index contributed by atoms with van der Waals surface area (Å²) >= 11 is 0. The number of pyridine rings is 2. The van der Waals surface area contributed by atoms with Gasteiger partial charge in [0.05, 0.1) is 23.1 Å². The molecule has 39 heavy (non-hydrogen) atoms. The Balaban J connectivity index is 1.44. The highest BCUT2D eigenvalue weighted by molar-refractivity contribution is 5.72. The molecule has 0 amide bonds. The first kappa shape index (κ1) is 23.3. The fourth-order valence-electron chi connectivity index (χ4n) is 6.44.